The molecule has 3 aromatic rings. The monoisotopic (exact) mass is 506 g/mol. The Kier molecular flexibility index (Phi) is 7.49. The van der Waals surface area contributed by atoms with Crippen molar-refractivity contribution in [3.63, 3.8) is 0 Å². The third-order valence-corrected chi connectivity index (χ3v) is 7.36. The summed E-state index contributed by atoms with van der Waals surface area (Å²) in [6, 6.07) is 25.6. The van der Waals surface area contributed by atoms with Crippen LogP contribution in [-0.2, 0) is 11.3 Å². The Morgan fingerprint density at radius 1 is 0.800 bits per heavy atom. The minimum absolute atomic E-state index is 0.0199. The van der Waals surface area contributed by atoms with Gasteiger partial charge < -0.3 is 0 Å². The average molecular weight is 507 g/mol. The van der Waals surface area contributed by atoms with Crippen LogP contribution in [0.15, 0.2) is 84.0 Å². The molecule has 2 aliphatic rings. The van der Waals surface area contributed by atoms with E-state index in [4.69, 9.17) is 28.3 Å². The van der Waals surface area contributed by atoms with Gasteiger partial charge in [-0.3, -0.25) is 14.6 Å². The van der Waals surface area contributed by atoms with Crippen LogP contribution in [0.5, 0.6) is 0 Å². The molecular formula is C28H28Cl2N4O. The molecule has 2 heterocycles. The molecule has 3 aromatic carbocycles. The summed E-state index contributed by atoms with van der Waals surface area (Å²) in [5.41, 5.74) is 3.89. The van der Waals surface area contributed by atoms with Crippen LogP contribution >= 0.6 is 23.2 Å². The third kappa shape index (κ3) is 5.60. The van der Waals surface area contributed by atoms with E-state index in [2.05, 4.69) is 34.1 Å². The number of hydrogen-bond acceptors (Lipinski definition) is 4. The maximum absolute atomic E-state index is 13.5. The highest BCUT2D eigenvalue weighted by molar-refractivity contribution is 6.34. The van der Waals surface area contributed by atoms with Crippen molar-refractivity contribution in [3.05, 3.63) is 106 Å². The van der Waals surface area contributed by atoms with Gasteiger partial charge in [0.2, 0.25) is 0 Å². The largest absolute Gasteiger partial charge is 0.297 e. The summed E-state index contributed by atoms with van der Waals surface area (Å²) in [6.45, 7) is 4.84. The Morgan fingerprint density at radius 2 is 1.43 bits per heavy atom. The number of hydrazone groups is 1. The van der Waals surface area contributed by atoms with E-state index in [1.165, 1.54) is 5.56 Å². The summed E-state index contributed by atoms with van der Waals surface area (Å²) in [4.78, 5) is 18.2. The fourth-order valence-electron chi connectivity index (χ4n) is 4.80. The SMILES string of the molecule is O=C(CN1CCN(Cc2ccccc2)CC1)N1N=C(c2ccccc2Cl)C[C@@H]1c1ccccc1Cl. The summed E-state index contributed by atoms with van der Waals surface area (Å²) in [5.74, 6) is -0.0199. The number of amides is 1. The van der Waals surface area contributed by atoms with Crippen molar-refractivity contribution in [2.45, 2.75) is 19.0 Å². The molecule has 0 radical (unpaired) electrons. The van der Waals surface area contributed by atoms with Crippen LogP contribution in [0.1, 0.15) is 29.2 Å². The second-order valence-electron chi connectivity index (χ2n) is 9.04. The fraction of sp³-hybridized carbons (Fsp3) is 0.286. The highest BCUT2D eigenvalue weighted by atomic mass is 35.5. The van der Waals surface area contributed by atoms with E-state index in [9.17, 15) is 4.79 Å². The van der Waals surface area contributed by atoms with E-state index in [1.54, 1.807) is 5.01 Å². The van der Waals surface area contributed by atoms with E-state index in [1.807, 2.05) is 54.6 Å². The normalized spacial score (nSPS) is 19.1. The molecule has 5 nitrogen and oxygen atoms in total. The van der Waals surface area contributed by atoms with Crippen LogP contribution in [0, 0.1) is 0 Å². The average Bonchev–Trinajstić information content (AvgIpc) is 3.32. The minimum atomic E-state index is -0.248. The van der Waals surface area contributed by atoms with E-state index in [0.717, 1.165) is 49.6 Å². The number of rotatable bonds is 6. The zero-order valence-corrected chi connectivity index (χ0v) is 21.0. The van der Waals surface area contributed by atoms with Gasteiger partial charge in [0, 0.05) is 54.8 Å². The van der Waals surface area contributed by atoms with Gasteiger partial charge in [-0.2, -0.15) is 5.10 Å². The number of carbonyl (C=O) groups excluding carboxylic acids is 1. The number of piperazine rings is 1. The molecule has 0 bridgehead atoms. The summed E-state index contributed by atoms with van der Waals surface area (Å²) < 4.78 is 0. The van der Waals surface area contributed by atoms with Crippen LogP contribution in [0.4, 0.5) is 0 Å². The molecule has 1 atom stereocenters. The molecule has 0 saturated carbocycles. The smallest absolute Gasteiger partial charge is 0.257 e. The molecule has 0 spiro atoms. The number of hydrogen-bond donors (Lipinski definition) is 0. The summed E-state index contributed by atoms with van der Waals surface area (Å²) in [5, 5.41) is 7.67. The molecule has 5 rings (SSSR count). The van der Waals surface area contributed by atoms with Gasteiger partial charge in [-0.05, 0) is 23.3 Å². The number of benzene rings is 3. The predicted octanol–water partition coefficient (Wildman–Crippen LogP) is 5.49. The van der Waals surface area contributed by atoms with E-state index in [-0.39, 0.29) is 11.9 Å². The van der Waals surface area contributed by atoms with Gasteiger partial charge in [0.1, 0.15) is 0 Å². The van der Waals surface area contributed by atoms with Crippen molar-refractivity contribution in [3.8, 4) is 0 Å². The molecule has 180 valence electrons. The first-order valence-electron chi connectivity index (χ1n) is 12.0. The van der Waals surface area contributed by atoms with Crippen molar-refractivity contribution in [1.29, 1.82) is 0 Å². The van der Waals surface area contributed by atoms with Crippen LogP contribution in [0.3, 0.4) is 0 Å². The lowest BCUT2D eigenvalue weighted by Crippen LogP contribution is -2.49. The molecule has 0 N–H and O–H groups in total. The summed E-state index contributed by atoms with van der Waals surface area (Å²) in [7, 11) is 0. The number of carbonyl (C=O) groups is 1. The van der Waals surface area contributed by atoms with E-state index in [0.29, 0.717) is 23.0 Å². The van der Waals surface area contributed by atoms with Crippen LogP contribution in [0.2, 0.25) is 10.0 Å². The molecule has 1 amide bonds. The predicted molar refractivity (Wildman–Crippen MR) is 142 cm³/mol. The fourth-order valence-corrected chi connectivity index (χ4v) is 5.30. The molecule has 1 fully saturated rings. The van der Waals surface area contributed by atoms with Gasteiger partial charge >= 0.3 is 0 Å². The first kappa shape index (κ1) is 24.0. The lowest BCUT2D eigenvalue weighted by molar-refractivity contribution is -0.134. The maximum atomic E-state index is 13.5. The van der Waals surface area contributed by atoms with Gasteiger partial charge in [0.25, 0.3) is 5.91 Å². The minimum Gasteiger partial charge on any atom is -0.297 e. The molecule has 2 aliphatic heterocycles. The van der Waals surface area contributed by atoms with Crippen molar-refractivity contribution < 1.29 is 4.79 Å². The third-order valence-electron chi connectivity index (χ3n) is 6.69. The topological polar surface area (TPSA) is 39.2 Å². The quantitative estimate of drug-likeness (QED) is 0.443. The van der Waals surface area contributed by atoms with E-state index < -0.39 is 0 Å². The van der Waals surface area contributed by atoms with Crippen LogP contribution in [0.25, 0.3) is 0 Å². The Bertz CT molecular complexity index is 1210. The summed E-state index contributed by atoms with van der Waals surface area (Å²) >= 11 is 13.0. The molecule has 0 aromatic heterocycles. The molecule has 35 heavy (non-hydrogen) atoms. The lowest BCUT2D eigenvalue weighted by atomic mass is 9.98. The van der Waals surface area contributed by atoms with E-state index >= 15 is 0 Å². The Morgan fingerprint density at radius 3 is 2.14 bits per heavy atom. The maximum Gasteiger partial charge on any atom is 0.257 e. The van der Waals surface area contributed by atoms with Crippen LogP contribution in [-0.4, -0.2) is 59.2 Å². The lowest BCUT2D eigenvalue weighted by Gasteiger charge is -2.35. The van der Waals surface area contributed by atoms with Gasteiger partial charge in [0.05, 0.1) is 18.3 Å². The second-order valence-corrected chi connectivity index (χ2v) is 9.86. The van der Waals surface area contributed by atoms with Gasteiger partial charge in [-0.1, -0.05) is 89.9 Å². The standard InChI is InChI=1S/C28H28Cl2N4O/c29-24-12-6-4-10-22(24)26-18-27(23-11-5-7-13-25(23)30)34(31-26)28(35)20-33-16-14-32(15-17-33)19-21-8-2-1-3-9-21/h1-13,27H,14-20H2/t27-/m1/s1. The van der Waals surface area contributed by atoms with Crippen LogP contribution < -0.4 is 0 Å². The molecule has 7 heteroatoms. The second kappa shape index (κ2) is 10.9. The highest BCUT2D eigenvalue weighted by Crippen LogP contribution is 2.37. The summed E-state index contributed by atoms with van der Waals surface area (Å²) in [6.07, 6.45) is 0.573. The first-order chi connectivity index (χ1) is 17.1. The first-order valence-corrected chi connectivity index (χ1v) is 12.7. The zero-order valence-electron chi connectivity index (χ0n) is 19.5. The molecule has 0 unspecified atom stereocenters. The Balaban J connectivity index is 1.29. The number of halogens is 2. The zero-order chi connectivity index (χ0) is 24.2. The number of nitrogens with zero attached hydrogens (tertiary/aromatic N) is 4. The van der Waals surface area contributed by atoms with Crippen molar-refractivity contribution in [1.82, 2.24) is 14.8 Å². The van der Waals surface area contributed by atoms with Crippen molar-refractivity contribution in [2.24, 2.45) is 5.10 Å². The molecular weight excluding hydrogens is 479 g/mol. The Labute approximate surface area is 216 Å². The van der Waals surface area contributed by atoms with Crippen molar-refractivity contribution in [2.75, 3.05) is 32.7 Å². The van der Waals surface area contributed by atoms with Gasteiger partial charge in [0.15, 0.2) is 0 Å². The molecule has 1 saturated heterocycles. The van der Waals surface area contributed by atoms with Gasteiger partial charge in [-0.25, -0.2) is 5.01 Å². The van der Waals surface area contributed by atoms with Crippen molar-refractivity contribution >= 4 is 34.8 Å². The highest BCUT2D eigenvalue weighted by Gasteiger charge is 2.35. The Hall–Kier alpha value is -2.70. The van der Waals surface area contributed by atoms with Gasteiger partial charge in [-0.15, -0.1) is 0 Å². The molecule has 0 aliphatic carbocycles.